The average molecular weight is 292 g/mol. The molecule has 1 heterocycles. The Morgan fingerprint density at radius 2 is 2.05 bits per heavy atom. The van der Waals surface area contributed by atoms with Crippen molar-refractivity contribution in [1.29, 1.82) is 0 Å². The summed E-state index contributed by atoms with van der Waals surface area (Å²) in [5.74, 6) is -0.198. The van der Waals surface area contributed by atoms with Crippen LogP contribution in [0.5, 0.6) is 0 Å². The number of nitrogens with one attached hydrogen (secondary N) is 2. The number of aromatic nitrogens is 1. The van der Waals surface area contributed by atoms with Crippen LogP contribution in [-0.2, 0) is 11.2 Å². The Balaban J connectivity index is 1.71. The number of hydrogen-bond donors (Lipinski definition) is 3. The van der Waals surface area contributed by atoms with Crippen LogP contribution >= 0.6 is 0 Å². The highest BCUT2D eigenvalue weighted by Gasteiger charge is 2.16. The van der Waals surface area contributed by atoms with Crippen LogP contribution in [0.3, 0.4) is 0 Å². The molecule has 4 N–H and O–H groups in total. The van der Waals surface area contributed by atoms with Crippen molar-refractivity contribution in [3.05, 3.63) is 72.8 Å². The van der Waals surface area contributed by atoms with Crippen LogP contribution in [-0.4, -0.2) is 16.9 Å². The molecule has 4 nitrogen and oxygen atoms in total. The Bertz CT molecular complexity index is 807. The maximum absolute atomic E-state index is 12.2. The number of fused-ring (bicyclic) bond motifs is 1. The molecule has 0 spiro atoms. The highest BCUT2D eigenvalue weighted by atomic mass is 16.2. The first-order valence-corrected chi connectivity index (χ1v) is 7.17. The third-order valence-corrected chi connectivity index (χ3v) is 3.65. The molecule has 0 bridgehead atoms. The fourth-order valence-corrected chi connectivity index (χ4v) is 2.51. The van der Waals surface area contributed by atoms with Crippen LogP contribution in [0, 0.1) is 6.92 Å². The Morgan fingerprint density at radius 1 is 1.23 bits per heavy atom. The summed E-state index contributed by atoms with van der Waals surface area (Å²) >= 11 is 0. The van der Waals surface area contributed by atoms with E-state index in [0.717, 1.165) is 22.0 Å². The fourth-order valence-electron chi connectivity index (χ4n) is 2.51. The van der Waals surface area contributed by atoms with Crippen LogP contribution in [0.1, 0.15) is 11.1 Å². The molecule has 0 fully saturated rings. The number of hydrogen-bond acceptors (Lipinski definition) is 2. The Hall–Kier alpha value is -2.59. The molecular weight excluding hydrogens is 274 g/mol. The van der Waals surface area contributed by atoms with Gasteiger partial charge in [0.1, 0.15) is 0 Å². The lowest BCUT2D eigenvalue weighted by atomic mass is 10.0. The molecule has 1 atom stereocenters. The summed E-state index contributed by atoms with van der Waals surface area (Å²) in [4.78, 5) is 15.4. The zero-order valence-electron chi connectivity index (χ0n) is 12.2. The summed E-state index contributed by atoms with van der Waals surface area (Å²) in [6.45, 7) is 3.84. The van der Waals surface area contributed by atoms with Crippen LogP contribution in [0.25, 0.3) is 10.9 Å². The van der Waals surface area contributed by atoms with Crippen LogP contribution < -0.4 is 11.1 Å². The first kappa shape index (κ1) is 14.4. The zero-order valence-corrected chi connectivity index (χ0v) is 12.2. The van der Waals surface area contributed by atoms with Gasteiger partial charge in [0, 0.05) is 22.8 Å². The van der Waals surface area contributed by atoms with Gasteiger partial charge in [-0.3, -0.25) is 4.79 Å². The van der Waals surface area contributed by atoms with Gasteiger partial charge in [0.2, 0.25) is 5.91 Å². The molecule has 0 unspecified atom stereocenters. The molecule has 2 aromatic carbocycles. The second kappa shape index (κ2) is 6.03. The number of para-hydroxylation sites is 1. The van der Waals surface area contributed by atoms with Gasteiger partial charge in [0.05, 0.1) is 6.04 Å². The lowest BCUT2D eigenvalue weighted by Gasteiger charge is -2.12. The molecule has 4 heteroatoms. The van der Waals surface area contributed by atoms with E-state index in [-0.39, 0.29) is 5.91 Å². The highest BCUT2D eigenvalue weighted by Crippen LogP contribution is 2.19. The van der Waals surface area contributed by atoms with Crippen molar-refractivity contribution < 1.29 is 4.79 Å². The van der Waals surface area contributed by atoms with E-state index in [0.29, 0.717) is 12.1 Å². The largest absolute Gasteiger partial charge is 0.361 e. The molecule has 0 aliphatic heterocycles. The molecule has 0 saturated carbocycles. The Labute approximate surface area is 129 Å². The minimum Gasteiger partial charge on any atom is -0.361 e. The summed E-state index contributed by atoms with van der Waals surface area (Å²) in [7, 11) is 0. The smallest absolute Gasteiger partial charge is 0.241 e. The number of carbonyl (C=O) groups is 1. The molecule has 0 saturated heterocycles. The van der Waals surface area contributed by atoms with E-state index < -0.39 is 6.04 Å². The van der Waals surface area contributed by atoms with Gasteiger partial charge in [0.15, 0.2) is 0 Å². The Morgan fingerprint density at radius 3 is 2.86 bits per heavy atom. The van der Waals surface area contributed by atoms with Gasteiger partial charge in [0.25, 0.3) is 0 Å². The fraction of sp³-hybridized carbons (Fsp3) is 0.111. The summed E-state index contributed by atoms with van der Waals surface area (Å²) < 4.78 is 0. The van der Waals surface area contributed by atoms with Crippen molar-refractivity contribution in [1.82, 2.24) is 4.98 Å². The summed E-state index contributed by atoms with van der Waals surface area (Å²) in [6.07, 6.45) is 2.40. The standard InChI is InChI=1S/C18H18N3O/c1-12-5-4-6-14(9-12)21-18(22)16(19)10-13-11-20-17-8-3-2-7-15(13)17/h2-9,11,16,20H,1,10,19H2,(H,21,22)/t16-/m1/s1. The number of anilines is 1. The SMILES string of the molecule is [CH2]c1cccc(NC(=O)[C@H](N)Cc2c[nH]c3ccccc23)c1. The van der Waals surface area contributed by atoms with E-state index in [9.17, 15) is 4.79 Å². The molecule has 3 rings (SSSR count). The van der Waals surface area contributed by atoms with Crippen molar-refractivity contribution in [3.63, 3.8) is 0 Å². The van der Waals surface area contributed by atoms with Crippen LogP contribution in [0.4, 0.5) is 5.69 Å². The van der Waals surface area contributed by atoms with Crippen LogP contribution in [0.2, 0.25) is 0 Å². The molecule has 111 valence electrons. The average Bonchev–Trinajstić information content (AvgIpc) is 2.90. The van der Waals surface area contributed by atoms with Crippen molar-refractivity contribution >= 4 is 22.5 Å². The highest BCUT2D eigenvalue weighted by molar-refractivity contribution is 5.95. The van der Waals surface area contributed by atoms with Crippen molar-refractivity contribution in [3.8, 4) is 0 Å². The molecule has 1 radical (unpaired) electrons. The van der Waals surface area contributed by atoms with E-state index in [4.69, 9.17) is 5.73 Å². The van der Waals surface area contributed by atoms with Gasteiger partial charge in [-0.25, -0.2) is 0 Å². The lowest BCUT2D eigenvalue weighted by molar-refractivity contribution is -0.117. The summed E-state index contributed by atoms with van der Waals surface area (Å²) in [5.41, 5.74) is 9.70. The van der Waals surface area contributed by atoms with E-state index in [2.05, 4.69) is 17.2 Å². The van der Waals surface area contributed by atoms with E-state index in [1.807, 2.05) is 54.7 Å². The predicted octanol–water partition coefficient (Wildman–Crippen LogP) is 2.86. The van der Waals surface area contributed by atoms with Crippen molar-refractivity contribution in [2.24, 2.45) is 5.73 Å². The van der Waals surface area contributed by atoms with Gasteiger partial charge in [-0.2, -0.15) is 0 Å². The first-order chi connectivity index (χ1) is 10.6. The van der Waals surface area contributed by atoms with E-state index in [1.165, 1.54) is 0 Å². The third-order valence-electron chi connectivity index (χ3n) is 3.65. The normalized spacial score (nSPS) is 12.3. The molecule has 3 aromatic rings. The van der Waals surface area contributed by atoms with Gasteiger partial charge in [-0.1, -0.05) is 30.3 Å². The summed E-state index contributed by atoms with van der Waals surface area (Å²) in [6, 6.07) is 14.7. The molecule has 0 aliphatic carbocycles. The van der Waals surface area contributed by atoms with E-state index >= 15 is 0 Å². The minimum absolute atomic E-state index is 0.198. The monoisotopic (exact) mass is 292 g/mol. The topological polar surface area (TPSA) is 70.9 Å². The second-order valence-corrected chi connectivity index (χ2v) is 5.36. The molecule has 1 amide bonds. The maximum atomic E-state index is 12.2. The number of rotatable bonds is 4. The number of amides is 1. The van der Waals surface area contributed by atoms with Gasteiger partial charge in [-0.05, 0) is 42.7 Å². The van der Waals surface area contributed by atoms with E-state index in [1.54, 1.807) is 0 Å². The zero-order chi connectivity index (χ0) is 15.5. The minimum atomic E-state index is -0.604. The van der Waals surface area contributed by atoms with Crippen molar-refractivity contribution in [2.75, 3.05) is 5.32 Å². The number of benzene rings is 2. The summed E-state index contributed by atoms with van der Waals surface area (Å²) in [5, 5.41) is 3.93. The van der Waals surface area contributed by atoms with Crippen molar-refractivity contribution in [2.45, 2.75) is 12.5 Å². The Kier molecular flexibility index (Phi) is 3.94. The number of aromatic amines is 1. The van der Waals surface area contributed by atoms with Gasteiger partial charge >= 0.3 is 0 Å². The van der Waals surface area contributed by atoms with Crippen LogP contribution in [0.15, 0.2) is 54.7 Å². The molecular formula is C18H18N3O. The number of nitrogens with two attached hydrogens (primary N) is 1. The molecule has 0 aliphatic rings. The molecule has 1 aromatic heterocycles. The third kappa shape index (κ3) is 3.02. The number of carbonyl (C=O) groups excluding carboxylic acids is 1. The first-order valence-electron chi connectivity index (χ1n) is 7.17. The second-order valence-electron chi connectivity index (χ2n) is 5.36. The van der Waals surface area contributed by atoms with Gasteiger partial charge < -0.3 is 16.0 Å². The molecule has 22 heavy (non-hydrogen) atoms. The quantitative estimate of drug-likeness (QED) is 0.692. The number of H-pyrrole nitrogens is 1. The maximum Gasteiger partial charge on any atom is 0.241 e. The van der Waals surface area contributed by atoms with Gasteiger partial charge in [-0.15, -0.1) is 0 Å². The lowest BCUT2D eigenvalue weighted by Crippen LogP contribution is -2.37. The predicted molar refractivity (Wildman–Crippen MR) is 89.5 cm³/mol.